The first kappa shape index (κ1) is 25.5. The third kappa shape index (κ3) is 6.74. The van der Waals surface area contributed by atoms with Crippen LogP contribution in [0.15, 0.2) is 24.3 Å². The van der Waals surface area contributed by atoms with Crippen molar-refractivity contribution in [3.05, 3.63) is 35.4 Å². The van der Waals surface area contributed by atoms with Gasteiger partial charge in [-0.15, -0.1) is 0 Å². The van der Waals surface area contributed by atoms with E-state index >= 15 is 0 Å². The molecule has 30 heavy (non-hydrogen) atoms. The first-order valence-corrected chi connectivity index (χ1v) is 11.3. The van der Waals surface area contributed by atoms with E-state index < -0.39 is 56.0 Å². The van der Waals surface area contributed by atoms with Gasteiger partial charge in [-0.05, 0) is 24.7 Å². The van der Waals surface area contributed by atoms with Crippen molar-refractivity contribution in [3.8, 4) is 0 Å². The SMILES string of the molecule is CC[Si](C)(CC)OC(=O)c1ccccc1C(OC(=O)C(F)(F)F)OC(=O)C(F)(F)F. The van der Waals surface area contributed by atoms with Gasteiger partial charge in [-0.1, -0.05) is 32.0 Å². The highest BCUT2D eigenvalue weighted by molar-refractivity contribution is 6.73. The standard InChI is InChI=1S/C17H18F6O6Si/c1-4-30(3,5-2)29-12(24)10-8-6-7-9-11(10)13(27-14(25)16(18,19)20)28-15(26)17(21,22)23/h6-9,13H,4-5H2,1-3H3. The van der Waals surface area contributed by atoms with Gasteiger partial charge in [0.05, 0.1) is 5.56 Å². The summed E-state index contributed by atoms with van der Waals surface area (Å²) in [4.78, 5) is 34.9. The first-order valence-electron chi connectivity index (χ1n) is 8.52. The van der Waals surface area contributed by atoms with Gasteiger partial charge in [0.1, 0.15) is 0 Å². The highest BCUT2D eigenvalue weighted by atomic mass is 28.4. The molecule has 0 saturated carbocycles. The zero-order chi connectivity index (χ0) is 23.3. The van der Waals surface area contributed by atoms with Gasteiger partial charge in [-0.3, -0.25) is 0 Å². The lowest BCUT2D eigenvalue weighted by molar-refractivity contribution is -0.242. The Bertz CT molecular complexity index is 760. The first-order chi connectivity index (χ1) is 13.6. The van der Waals surface area contributed by atoms with Crippen molar-refractivity contribution in [2.75, 3.05) is 0 Å². The molecule has 0 amide bonds. The van der Waals surface area contributed by atoms with Crippen LogP contribution in [-0.2, 0) is 23.5 Å². The number of rotatable bonds is 7. The molecule has 0 aliphatic rings. The Morgan fingerprint density at radius 2 is 1.33 bits per heavy atom. The molecule has 1 aromatic carbocycles. The van der Waals surface area contributed by atoms with Crippen molar-refractivity contribution in [3.63, 3.8) is 0 Å². The topological polar surface area (TPSA) is 78.9 Å². The summed E-state index contributed by atoms with van der Waals surface area (Å²) >= 11 is 0. The smallest absolute Gasteiger partial charge is 0.491 e. The number of ether oxygens (including phenoxy) is 2. The summed E-state index contributed by atoms with van der Waals surface area (Å²) < 4.78 is 88.6. The average Bonchev–Trinajstić information content (AvgIpc) is 2.65. The van der Waals surface area contributed by atoms with Crippen molar-refractivity contribution in [1.82, 2.24) is 0 Å². The number of carbonyl (C=O) groups excluding carboxylic acids is 3. The minimum atomic E-state index is -5.59. The lowest BCUT2D eigenvalue weighted by Gasteiger charge is -2.26. The van der Waals surface area contributed by atoms with Gasteiger partial charge in [-0.2, -0.15) is 26.3 Å². The van der Waals surface area contributed by atoms with Crippen LogP contribution in [0.5, 0.6) is 0 Å². The van der Waals surface area contributed by atoms with E-state index in [2.05, 4.69) is 9.47 Å². The van der Waals surface area contributed by atoms with E-state index in [-0.39, 0.29) is 0 Å². The molecule has 0 saturated heterocycles. The van der Waals surface area contributed by atoms with Crippen LogP contribution in [0.25, 0.3) is 0 Å². The number of esters is 2. The van der Waals surface area contributed by atoms with Crippen molar-refractivity contribution >= 4 is 26.2 Å². The molecule has 13 heteroatoms. The van der Waals surface area contributed by atoms with Crippen LogP contribution in [0.2, 0.25) is 18.6 Å². The Balaban J connectivity index is 3.38. The van der Waals surface area contributed by atoms with Crippen molar-refractivity contribution in [2.45, 2.75) is 51.1 Å². The summed E-state index contributed by atoms with van der Waals surface area (Å²) in [5, 5.41) is 0. The molecule has 0 aromatic heterocycles. The number of carbonyl (C=O) groups is 3. The van der Waals surface area contributed by atoms with Crippen molar-refractivity contribution in [1.29, 1.82) is 0 Å². The fraction of sp³-hybridized carbons (Fsp3) is 0.471. The van der Waals surface area contributed by atoms with Crippen molar-refractivity contribution in [2.24, 2.45) is 0 Å². The molecule has 168 valence electrons. The van der Waals surface area contributed by atoms with Crippen LogP contribution in [0, 0.1) is 0 Å². The summed E-state index contributed by atoms with van der Waals surface area (Å²) in [6, 6.07) is 5.29. The molecule has 1 rings (SSSR count). The maximum Gasteiger partial charge on any atom is 0.491 e. The second-order valence-electron chi connectivity index (χ2n) is 6.27. The number of halogens is 6. The van der Waals surface area contributed by atoms with E-state index in [0.29, 0.717) is 12.1 Å². The summed E-state index contributed by atoms with van der Waals surface area (Å²) in [5.74, 6) is -6.88. The zero-order valence-electron chi connectivity index (χ0n) is 16.0. The monoisotopic (exact) mass is 460 g/mol. The summed E-state index contributed by atoms with van der Waals surface area (Å²) in [7, 11) is -2.55. The van der Waals surface area contributed by atoms with Crippen LogP contribution in [-0.4, -0.2) is 38.6 Å². The van der Waals surface area contributed by atoms with E-state index in [4.69, 9.17) is 4.43 Å². The molecule has 0 N–H and O–H groups in total. The molecule has 0 radical (unpaired) electrons. The van der Waals surface area contributed by atoms with Gasteiger partial charge in [0, 0.05) is 5.56 Å². The van der Waals surface area contributed by atoms with Gasteiger partial charge in [0.2, 0.25) is 0 Å². The van der Waals surface area contributed by atoms with Gasteiger partial charge >= 0.3 is 30.3 Å². The Morgan fingerprint density at radius 1 is 0.900 bits per heavy atom. The predicted molar refractivity (Wildman–Crippen MR) is 91.5 cm³/mol. The molecule has 0 spiro atoms. The van der Waals surface area contributed by atoms with Crippen molar-refractivity contribution < 1.29 is 54.6 Å². The quantitative estimate of drug-likeness (QED) is 0.255. The Labute approximate surface area is 168 Å². The fourth-order valence-electron chi connectivity index (χ4n) is 2.04. The van der Waals surface area contributed by atoms with Crippen LogP contribution in [0.1, 0.15) is 36.1 Å². The van der Waals surface area contributed by atoms with Gasteiger partial charge in [-0.25, -0.2) is 14.4 Å². The highest BCUT2D eigenvalue weighted by Gasteiger charge is 2.47. The second-order valence-corrected chi connectivity index (χ2v) is 10.8. The number of benzene rings is 1. The lowest BCUT2D eigenvalue weighted by atomic mass is 10.1. The zero-order valence-corrected chi connectivity index (χ0v) is 17.0. The van der Waals surface area contributed by atoms with Crippen LogP contribution >= 0.6 is 0 Å². The molecular weight excluding hydrogens is 442 g/mol. The van der Waals surface area contributed by atoms with Gasteiger partial charge in [0.15, 0.2) is 0 Å². The lowest BCUT2D eigenvalue weighted by Crippen LogP contribution is -2.36. The molecule has 0 aliphatic carbocycles. The summed E-state index contributed by atoms with van der Waals surface area (Å²) in [6.07, 6.45) is -14.0. The Morgan fingerprint density at radius 3 is 1.73 bits per heavy atom. The van der Waals surface area contributed by atoms with E-state index in [1.807, 2.05) is 0 Å². The summed E-state index contributed by atoms with van der Waals surface area (Å²) in [5.41, 5.74) is -1.21. The Hall–Kier alpha value is -2.57. The molecule has 0 atom stereocenters. The maximum absolute atomic E-state index is 12.6. The molecule has 0 heterocycles. The van der Waals surface area contributed by atoms with E-state index in [0.717, 1.165) is 18.2 Å². The summed E-state index contributed by atoms with van der Waals surface area (Å²) in [6.45, 7) is 5.22. The fourth-order valence-corrected chi connectivity index (χ4v) is 3.39. The number of alkyl halides is 6. The number of hydrogen-bond donors (Lipinski definition) is 0. The van der Waals surface area contributed by atoms with Gasteiger partial charge < -0.3 is 13.9 Å². The third-order valence-corrected chi connectivity index (χ3v) is 7.83. The molecule has 1 aromatic rings. The molecule has 0 aliphatic heterocycles. The molecule has 0 unspecified atom stereocenters. The minimum Gasteiger partial charge on any atom is -0.516 e. The van der Waals surface area contributed by atoms with Gasteiger partial charge in [0.25, 0.3) is 14.6 Å². The predicted octanol–water partition coefficient (Wildman–Crippen LogP) is 4.67. The van der Waals surface area contributed by atoms with E-state index in [1.54, 1.807) is 20.4 Å². The average molecular weight is 460 g/mol. The Kier molecular flexibility index (Phi) is 8.06. The molecule has 0 fully saturated rings. The normalized spacial score (nSPS) is 12.5. The van der Waals surface area contributed by atoms with E-state index in [9.17, 15) is 40.7 Å². The molecule has 0 bridgehead atoms. The largest absolute Gasteiger partial charge is 0.516 e. The number of hydrogen-bond acceptors (Lipinski definition) is 6. The molecule has 6 nitrogen and oxygen atoms in total. The van der Waals surface area contributed by atoms with Crippen LogP contribution in [0.4, 0.5) is 26.3 Å². The third-order valence-electron chi connectivity index (χ3n) is 4.16. The van der Waals surface area contributed by atoms with Crippen LogP contribution < -0.4 is 0 Å². The highest BCUT2D eigenvalue weighted by Crippen LogP contribution is 2.31. The molecular formula is C17H18F6O6Si. The minimum absolute atomic E-state index is 0.493. The second kappa shape index (κ2) is 9.49. The van der Waals surface area contributed by atoms with E-state index in [1.165, 1.54) is 6.07 Å². The van der Waals surface area contributed by atoms with Crippen LogP contribution in [0.3, 0.4) is 0 Å². The maximum atomic E-state index is 12.6.